The molecule has 2 aromatic carbocycles. The Bertz CT molecular complexity index is 874. The Morgan fingerprint density at radius 2 is 1.68 bits per heavy atom. The van der Waals surface area contributed by atoms with Gasteiger partial charge in [0.25, 0.3) is 0 Å². The van der Waals surface area contributed by atoms with Gasteiger partial charge in [0.05, 0.1) is 13.2 Å². The quantitative estimate of drug-likeness (QED) is 0.525. The summed E-state index contributed by atoms with van der Waals surface area (Å²) in [7, 11) is 1.71. The normalized spacial score (nSPS) is 15.3. The van der Waals surface area contributed by atoms with E-state index < -0.39 is 0 Å². The number of benzene rings is 2. The van der Waals surface area contributed by atoms with Crippen LogP contribution in [0.3, 0.4) is 0 Å². The molecule has 0 spiro atoms. The van der Waals surface area contributed by atoms with Crippen LogP contribution >= 0.6 is 0 Å². The highest BCUT2D eigenvalue weighted by Gasteiger charge is 2.21. The third-order valence-corrected chi connectivity index (χ3v) is 5.53. The SMILES string of the molecule is COc1ccc([C@H](Cc2ccccn2)c2ccccc2)cc1OC1CCCC1. The van der Waals surface area contributed by atoms with Gasteiger partial charge in [-0.05, 0) is 61.1 Å². The van der Waals surface area contributed by atoms with Crippen molar-refractivity contribution in [2.75, 3.05) is 7.11 Å². The van der Waals surface area contributed by atoms with Crippen LogP contribution in [-0.4, -0.2) is 18.2 Å². The number of methoxy groups -OCH3 is 1. The highest BCUT2D eigenvalue weighted by molar-refractivity contribution is 5.46. The Morgan fingerprint density at radius 1 is 0.893 bits per heavy atom. The fourth-order valence-electron chi connectivity index (χ4n) is 4.03. The van der Waals surface area contributed by atoms with Crippen molar-refractivity contribution >= 4 is 0 Å². The van der Waals surface area contributed by atoms with Crippen molar-refractivity contribution in [1.29, 1.82) is 0 Å². The van der Waals surface area contributed by atoms with Crippen molar-refractivity contribution < 1.29 is 9.47 Å². The van der Waals surface area contributed by atoms with Gasteiger partial charge in [0.15, 0.2) is 11.5 Å². The van der Waals surface area contributed by atoms with Gasteiger partial charge in [-0.2, -0.15) is 0 Å². The van der Waals surface area contributed by atoms with E-state index in [4.69, 9.17) is 9.47 Å². The summed E-state index contributed by atoms with van der Waals surface area (Å²) in [6, 6.07) is 23.1. The first-order valence-corrected chi connectivity index (χ1v) is 10.1. The van der Waals surface area contributed by atoms with Gasteiger partial charge in [0, 0.05) is 24.2 Å². The van der Waals surface area contributed by atoms with Gasteiger partial charge in [-0.3, -0.25) is 4.98 Å². The molecule has 0 N–H and O–H groups in total. The van der Waals surface area contributed by atoms with E-state index in [1.165, 1.54) is 24.0 Å². The molecule has 0 saturated heterocycles. The maximum absolute atomic E-state index is 6.33. The topological polar surface area (TPSA) is 31.4 Å². The average molecular weight is 373 g/mol. The van der Waals surface area contributed by atoms with E-state index >= 15 is 0 Å². The van der Waals surface area contributed by atoms with Gasteiger partial charge in [-0.25, -0.2) is 0 Å². The fraction of sp³-hybridized carbons (Fsp3) is 0.320. The van der Waals surface area contributed by atoms with Crippen molar-refractivity contribution in [2.24, 2.45) is 0 Å². The fourth-order valence-corrected chi connectivity index (χ4v) is 4.03. The molecular weight excluding hydrogens is 346 g/mol. The molecule has 1 heterocycles. The second-order valence-corrected chi connectivity index (χ2v) is 7.42. The summed E-state index contributed by atoms with van der Waals surface area (Å²) in [6.07, 6.45) is 7.76. The van der Waals surface area contributed by atoms with Crippen LogP contribution in [0.5, 0.6) is 11.5 Å². The van der Waals surface area contributed by atoms with Crippen molar-refractivity contribution in [3.63, 3.8) is 0 Å². The van der Waals surface area contributed by atoms with Gasteiger partial charge in [0.1, 0.15) is 0 Å². The number of pyridine rings is 1. The lowest BCUT2D eigenvalue weighted by Crippen LogP contribution is -2.12. The first-order valence-electron chi connectivity index (χ1n) is 10.1. The maximum Gasteiger partial charge on any atom is 0.161 e. The van der Waals surface area contributed by atoms with Gasteiger partial charge in [-0.15, -0.1) is 0 Å². The summed E-state index contributed by atoms with van der Waals surface area (Å²) < 4.78 is 11.9. The smallest absolute Gasteiger partial charge is 0.161 e. The number of hydrogen-bond donors (Lipinski definition) is 0. The van der Waals surface area contributed by atoms with Crippen LogP contribution in [0, 0.1) is 0 Å². The van der Waals surface area contributed by atoms with Crippen LogP contribution in [0.2, 0.25) is 0 Å². The molecule has 1 fully saturated rings. The van der Waals surface area contributed by atoms with Gasteiger partial charge in [0.2, 0.25) is 0 Å². The Kier molecular flexibility index (Phi) is 5.91. The highest BCUT2D eigenvalue weighted by atomic mass is 16.5. The summed E-state index contributed by atoms with van der Waals surface area (Å²) in [5.41, 5.74) is 3.60. The first-order chi connectivity index (χ1) is 13.8. The largest absolute Gasteiger partial charge is 0.493 e. The summed E-state index contributed by atoms with van der Waals surface area (Å²) in [5, 5.41) is 0. The van der Waals surface area contributed by atoms with Crippen molar-refractivity contribution in [3.05, 3.63) is 89.7 Å². The second kappa shape index (κ2) is 8.92. The lowest BCUT2D eigenvalue weighted by Gasteiger charge is -2.21. The summed E-state index contributed by atoms with van der Waals surface area (Å²) in [4.78, 5) is 4.55. The number of aromatic nitrogens is 1. The monoisotopic (exact) mass is 373 g/mol. The molecule has 1 aliphatic carbocycles. The zero-order chi connectivity index (χ0) is 19.2. The Labute approximate surface area is 167 Å². The summed E-state index contributed by atoms with van der Waals surface area (Å²) >= 11 is 0. The molecule has 3 heteroatoms. The molecule has 1 saturated carbocycles. The third kappa shape index (κ3) is 4.36. The van der Waals surface area contributed by atoms with E-state index in [2.05, 4.69) is 53.5 Å². The zero-order valence-electron chi connectivity index (χ0n) is 16.4. The molecule has 28 heavy (non-hydrogen) atoms. The molecule has 1 aliphatic rings. The number of rotatable bonds is 7. The maximum atomic E-state index is 6.33. The molecular formula is C25H27NO2. The summed E-state index contributed by atoms with van der Waals surface area (Å²) in [5.74, 6) is 1.88. The average Bonchev–Trinajstić information content (AvgIpc) is 3.26. The van der Waals surface area contributed by atoms with Crippen molar-refractivity contribution in [1.82, 2.24) is 4.98 Å². The Hall–Kier alpha value is -2.81. The minimum Gasteiger partial charge on any atom is -0.493 e. The molecule has 4 rings (SSSR count). The van der Waals surface area contributed by atoms with E-state index in [-0.39, 0.29) is 5.92 Å². The van der Waals surface area contributed by atoms with Crippen LogP contribution in [0.25, 0.3) is 0 Å². The predicted octanol–water partition coefficient (Wildman–Crippen LogP) is 5.79. The van der Waals surface area contributed by atoms with E-state index in [0.717, 1.165) is 36.5 Å². The van der Waals surface area contributed by atoms with E-state index in [1.54, 1.807) is 7.11 Å². The Balaban J connectivity index is 1.68. The third-order valence-electron chi connectivity index (χ3n) is 5.53. The highest BCUT2D eigenvalue weighted by Crippen LogP contribution is 2.37. The zero-order valence-corrected chi connectivity index (χ0v) is 16.4. The van der Waals surface area contributed by atoms with Crippen molar-refractivity contribution in [3.8, 4) is 11.5 Å². The molecule has 0 unspecified atom stereocenters. The van der Waals surface area contributed by atoms with Gasteiger partial charge >= 0.3 is 0 Å². The molecule has 0 amide bonds. The van der Waals surface area contributed by atoms with Crippen LogP contribution in [0.15, 0.2) is 72.9 Å². The number of ether oxygens (including phenoxy) is 2. The second-order valence-electron chi connectivity index (χ2n) is 7.42. The molecule has 0 bridgehead atoms. The van der Waals surface area contributed by atoms with Crippen LogP contribution in [0.4, 0.5) is 0 Å². The molecule has 0 radical (unpaired) electrons. The van der Waals surface area contributed by atoms with Crippen LogP contribution in [0.1, 0.15) is 48.4 Å². The molecule has 3 nitrogen and oxygen atoms in total. The van der Waals surface area contributed by atoms with Crippen molar-refractivity contribution in [2.45, 2.75) is 44.1 Å². The van der Waals surface area contributed by atoms with E-state index in [0.29, 0.717) is 6.10 Å². The van der Waals surface area contributed by atoms with E-state index in [9.17, 15) is 0 Å². The number of nitrogens with zero attached hydrogens (tertiary/aromatic N) is 1. The van der Waals surface area contributed by atoms with Crippen LogP contribution in [-0.2, 0) is 6.42 Å². The number of hydrogen-bond acceptors (Lipinski definition) is 3. The minimum atomic E-state index is 0.216. The molecule has 0 aliphatic heterocycles. The lowest BCUT2D eigenvalue weighted by atomic mass is 9.87. The van der Waals surface area contributed by atoms with Gasteiger partial charge in [-0.1, -0.05) is 42.5 Å². The molecule has 1 aromatic heterocycles. The minimum absolute atomic E-state index is 0.216. The lowest BCUT2D eigenvalue weighted by molar-refractivity contribution is 0.200. The van der Waals surface area contributed by atoms with Gasteiger partial charge < -0.3 is 9.47 Å². The van der Waals surface area contributed by atoms with E-state index in [1.807, 2.05) is 24.4 Å². The Morgan fingerprint density at radius 3 is 2.39 bits per heavy atom. The molecule has 144 valence electrons. The predicted molar refractivity (Wildman–Crippen MR) is 112 cm³/mol. The first kappa shape index (κ1) is 18.5. The molecule has 3 aromatic rings. The molecule has 1 atom stereocenters. The summed E-state index contributed by atoms with van der Waals surface area (Å²) in [6.45, 7) is 0. The van der Waals surface area contributed by atoms with Crippen LogP contribution < -0.4 is 9.47 Å². The standard InChI is InChI=1S/C25H27NO2/c1-27-24-15-14-20(17-25(24)28-22-12-5-6-13-22)23(19-9-3-2-4-10-19)18-21-11-7-8-16-26-21/h2-4,7-11,14-17,22-23H,5-6,12-13,18H2,1H3/t23-/m1/s1.